The maximum atomic E-state index is 9.26. The smallest absolute Gasteiger partial charge is 0.134 e. The number of methoxy groups -OCH3 is 1. The second kappa shape index (κ2) is 5.27. The van der Waals surface area contributed by atoms with Crippen molar-refractivity contribution < 1.29 is 9.84 Å². The lowest BCUT2D eigenvalue weighted by molar-refractivity contribution is 0.0817. The lowest BCUT2D eigenvalue weighted by atomic mass is 10.1. The third kappa shape index (κ3) is 2.33. The predicted octanol–water partition coefficient (Wildman–Crippen LogP) is 1.19. The summed E-state index contributed by atoms with van der Waals surface area (Å²) in [4.78, 5) is 6.57. The minimum absolute atomic E-state index is 0.0490. The third-order valence-corrected chi connectivity index (χ3v) is 3.11. The number of nitrogens with zero attached hydrogens (tertiary/aromatic N) is 2. The van der Waals surface area contributed by atoms with Crippen molar-refractivity contribution in [2.45, 2.75) is 25.6 Å². The van der Waals surface area contributed by atoms with Crippen molar-refractivity contribution in [1.29, 1.82) is 0 Å². The molecule has 4 heteroatoms. The molecule has 0 aliphatic carbocycles. The number of piperidine rings is 1. The molecule has 0 spiro atoms. The zero-order valence-electron chi connectivity index (χ0n) is 9.59. The van der Waals surface area contributed by atoms with Gasteiger partial charge in [-0.25, -0.2) is 4.98 Å². The van der Waals surface area contributed by atoms with Crippen LogP contribution in [0.5, 0.6) is 0 Å². The van der Waals surface area contributed by atoms with Gasteiger partial charge in [-0.1, -0.05) is 6.07 Å². The summed E-state index contributed by atoms with van der Waals surface area (Å²) in [7, 11) is 1.76. The Bertz CT molecular complexity index is 336. The predicted molar refractivity (Wildman–Crippen MR) is 62.4 cm³/mol. The summed E-state index contributed by atoms with van der Waals surface area (Å²) < 4.78 is 5.34. The quantitative estimate of drug-likeness (QED) is 0.834. The van der Waals surface area contributed by atoms with Crippen LogP contribution in [-0.4, -0.2) is 36.4 Å². The Labute approximate surface area is 95.9 Å². The first kappa shape index (κ1) is 11.4. The number of hydrogen-bond donors (Lipinski definition) is 1. The summed E-state index contributed by atoms with van der Waals surface area (Å²) in [5.41, 5.74) is 0.901. The van der Waals surface area contributed by atoms with Crippen LogP contribution in [0.3, 0.4) is 0 Å². The molecule has 4 nitrogen and oxygen atoms in total. The highest BCUT2D eigenvalue weighted by Crippen LogP contribution is 2.22. The molecule has 0 bridgehead atoms. The summed E-state index contributed by atoms with van der Waals surface area (Å²) in [5, 5.41) is 9.26. The van der Waals surface area contributed by atoms with Gasteiger partial charge in [0.1, 0.15) is 5.82 Å². The fourth-order valence-corrected chi connectivity index (χ4v) is 2.14. The van der Waals surface area contributed by atoms with E-state index in [1.165, 1.54) is 0 Å². The molecule has 0 radical (unpaired) electrons. The molecule has 1 aromatic rings. The molecule has 1 N–H and O–H groups in total. The van der Waals surface area contributed by atoms with Gasteiger partial charge in [0, 0.05) is 32.0 Å². The molecule has 0 aromatic carbocycles. The fourth-order valence-electron chi connectivity index (χ4n) is 2.14. The normalized spacial score (nSPS) is 17.8. The summed E-state index contributed by atoms with van der Waals surface area (Å²) in [6, 6.07) is 3.78. The Kier molecular flexibility index (Phi) is 3.74. The number of ether oxygens (including phenoxy) is 1. The maximum Gasteiger partial charge on any atom is 0.134 e. The van der Waals surface area contributed by atoms with Gasteiger partial charge in [-0.15, -0.1) is 0 Å². The highest BCUT2D eigenvalue weighted by Gasteiger charge is 2.20. The van der Waals surface area contributed by atoms with E-state index in [-0.39, 0.29) is 6.61 Å². The van der Waals surface area contributed by atoms with Crippen LogP contribution >= 0.6 is 0 Å². The first-order valence-corrected chi connectivity index (χ1v) is 5.67. The number of anilines is 1. The van der Waals surface area contributed by atoms with E-state index in [4.69, 9.17) is 4.74 Å². The number of rotatable bonds is 3. The van der Waals surface area contributed by atoms with E-state index >= 15 is 0 Å². The Morgan fingerprint density at radius 2 is 2.25 bits per heavy atom. The van der Waals surface area contributed by atoms with Crippen molar-refractivity contribution in [2.24, 2.45) is 0 Å². The van der Waals surface area contributed by atoms with Crippen LogP contribution in [0.4, 0.5) is 5.82 Å². The van der Waals surface area contributed by atoms with E-state index in [0.717, 1.165) is 37.3 Å². The molecule has 2 heterocycles. The van der Waals surface area contributed by atoms with Crippen molar-refractivity contribution >= 4 is 5.82 Å². The van der Waals surface area contributed by atoms with E-state index in [1.54, 1.807) is 13.3 Å². The Morgan fingerprint density at radius 1 is 1.50 bits per heavy atom. The monoisotopic (exact) mass is 222 g/mol. The van der Waals surface area contributed by atoms with E-state index < -0.39 is 0 Å². The molecule has 0 atom stereocenters. The molecular weight excluding hydrogens is 204 g/mol. The summed E-state index contributed by atoms with van der Waals surface area (Å²) in [5.74, 6) is 0.916. The molecule has 16 heavy (non-hydrogen) atoms. The van der Waals surface area contributed by atoms with Crippen LogP contribution in [0, 0.1) is 0 Å². The number of aromatic nitrogens is 1. The van der Waals surface area contributed by atoms with Crippen LogP contribution in [0.25, 0.3) is 0 Å². The van der Waals surface area contributed by atoms with E-state index in [2.05, 4.69) is 9.88 Å². The van der Waals surface area contributed by atoms with Crippen LogP contribution in [-0.2, 0) is 11.3 Å². The highest BCUT2D eigenvalue weighted by atomic mass is 16.5. The van der Waals surface area contributed by atoms with Crippen molar-refractivity contribution in [2.75, 3.05) is 25.1 Å². The zero-order valence-corrected chi connectivity index (χ0v) is 9.59. The van der Waals surface area contributed by atoms with Gasteiger partial charge < -0.3 is 14.7 Å². The van der Waals surface area contributed by atoms with Gasteiger partial charge in [0.25, 0.3) is 0 Å². The van der Waals surface area contributed by atoms with Gasteiger partial charge in [-0.05, 0) is 18.9 Å². The fraction of sp³-hybridized carbons (Fsp3) is 0.583. The summed E-state index contributed by atoms with van der Waals surface area (Å²) in [6.07, 6.45) is 4.20. The number of aliphatic hydroxyl groups is 1. The third-order valence-electron chi connectivity index (χ3n) is 3.11. The van der Waals surface area contributed by atoms with E-state index in [1.807, 2.05) is 12.1 Å². The van der Waals surface area contributed by atoms with Crippen LogP contribution in [0.1, 0.15) is 18.4 Å². The summed E-state index contributed by atoms with van der Waals surface area (Å²) >= 11 is 0. The van der Waals surface area contributed by atoms with Crippen LogP contribution < -0.4 is 4.90 Å². The second-order valence-corrected chi connectivity index (χ2v) is 4.07. The Hall–Kier alpha value is -1.13. The summed E-state index contributed by atoms with van der Waals surface area (Å²) in [6.45, 7) is 1.94. The zero-order chi connectivity index (χ0) is 11.4. The average molecular weight is 222 g/mol. The van der Waals surface area contributed by atoms with Gasteiger partial charge in [-0.2, -0.15) is 0 Å². The Morgan fingerprint density at radius 3 is 2.88 bits per heavy atom. The van der Waals surface area contributed by atoms with Gasteiger partial charge in [0.05, 0.1) is 12.7 Å². The maximum absolute atomic E-state index is 9.26. The molecule has 0 unspecified atom stereocenters. The number of hydrogen-bond acceptors (Lipinski definition) is 4. The van der Waals surface area contributed by atoms with Crippen molar-refractivity contribution in [3.63, 3.8) is 0 Å². The molecule has 0 saturated carbocycles. The Balaban J connectivity index is 2.07. The van der Waals surface area contributed by atoms with Crippen molar-refractivity contribution in [1.82, 2.24) is 4.98 Å². The lowest BCUT2D eigenvalue weighted by Crippen LogP contribution is -2.37. The SMILES string of the molecule is COC1CCN(c2ncccc2CO)CC1. The number of aliphatic hydroxyl groups excluding tert-OH is 1. The topological polar surface area (TPSA) is 45.6 Å². The molecule has 1 aliphatic rings. The van der Waals surface area contributed by atoms with Gasteiger partial charge >= 0.3 is 0 Å². The number of pyridine rings is 1. The van der Waals surface area contributed by atoms with Crippen LogP contribution in [0.15, 0.2) is 18.3 Å². The molecule has 1 saturated heterocycles. The van der Waals surface area contributed by atoms with Crippen molar-refractivity contribution in [3.8, 4) is 0 Å². The van der Waals surface area contributed by atoms with E-state index in [0.29, 0.717) is 6.10 Å². The van der Waals surface area contributed by atoms with Gasteiger partial charge in [0.15, 0.2) is 0 Å². The molecular formula is C12H18N2O2. The standard InChI is InChI=1S/C12H18N2O2/c1-16-11-4-7-14(8-5-11)12-10(9-15)3-2-6-13-12/h2-3,6,11,15H,4-5,7-9H2,1H3. The minimum Gasteiger partial charge on any atom is -0.392 e. The molecule has 88 valence electrons. The molecule has 2 rings (SSSR count). The van der Waals surface area contributed by atoms with Gasteiger partial charge in [0.2, 0.25) is 0 Å². The largest absolute Gasteiger partial charge is 0.392 e. The lowest BCUT2D eigenvalue weighted by Gasteiger charge is -2.32. The highest BCUT2D eigenvalue weighted by molar-refractivity contribution is 5.46. The molecule has 0 amide bonds. The molecule has 1 aliphatic heterocycles. The average Bonchev–Trinajstić information content (AvgIpc) is 2.39. The van der Waals surface area contributed by atoms with Crippen LogP contribution in [0.2, 0.25) is 0 Å². The first-order valence-electron chi connectivity index (χ1n) is 5.67. The first-order chi connectivity index (χ1) is 7.85. The molecule has 1 aromatic heterocycles. The minimum atomic E-state index is 0.0490. The van der Waals surface area contributed by atoms with Crippen molar-refractivity contribution in [3.05, 3.63) is 23.9 Å². The van der Waals surface area contributed by atoms with E-state index in [9.17, 15) is 5.11 Å². The van der Waals surface area contributed by atoms with Gasteiger partial charge in [-0.3, -0.25) is 0 Å². The molecule has 1 fully saturated rings. The second-order valence-electron chi connectivity index (χ2n) is 4.07.